The minimum absolute atomic E-state index is 0.446. The number of aryl methyl sites for hydroxylation is 1. The highest BCUT2D eigenvalue weighted by atomic mass is 32.1. The Morgan fingerprint density at radius 1 is 1.44 bits per heavy atom. The molecule has 0 amide bonds. The summed E-state index contributed by atoms with van der Waals surface area (Å²) in [5.41, 5.74) is 1.22. The zero-order valence-corrected chi connectivity index (χ0v) is 12.1. The quantitative estimate of drug-likeness (QED) is 0.867. The van der Waals surface area contributed by atoms with Crippen LogP contribution < -0.4 is 5.32 Å². The first-order valence-corrected chi connectivity index (χ1v) is 7.30. The topological polar surface area (TPSA) is 29.9 Å². The van der Waals surface area contributed by atoms with E-state index in [0.717, 1.165) is 13.1 Å². The maximum Gasteiger partial charge on any atom is 0.0534 e. The van der Waals surface area contributed by atoms with Gasteiger partial charge in [0.2, 0.25) is 0 Å². The summed E-state index contributed by atoms with van der Waals surface area (Å²) in [4.78, 5) is 1.42. The van der Waals surface area contributed by atoms with Crippen molar-refractivity contribution in [2.24, 2.45) is 5.92 Å². The van der Waals surface area contributed by atoms with Crippen molar-refractivity contribution in [3.8, 4) is 0 Å². The zero-order chi connectivity index (χ0) is 13.0. The first-order valence-electron chi connectivity index (χ1n) is 6.42. The second kappa shape index (κ2) is 6.16. The number of nitrogens with zero attached hydrogens (tertiary/aromatic N) is 2. The van der Waals surface area contributed by atoms with E-state index in [1.54, 1.807) is 0 Å². The SMILES string of the molecule is Cc1cnn(CCNC(c2cccs2)C(C)C)c1. The highest BCUT2D eigenvalue weighted by Crippen LogP contribution is 2.25. The highest BCUT2D eigenvalue weighted by molar-refractivity contribution is 7.10. The Labute approximate surface area is 113 Å². The average molecular weight is 263 g/mol. The predicted octanol–water partition coefficient (Wildman–Crippen LogP) is 3.24. The van der Waals surface area contributed by atoms with Crippen molar-refractivity contribution >= 4 is 11.3 Å². The van der Waals surface area contributed by atoms with E-state index >= 15 is 0 Å². The van der Waals surface area contributed by atoms with Crippen LogP contribution >= 0.6 is 11.3 Å². The molecule has 0 aromatic carbocycles. The van der Waals surface area contributed by atoms with Crippen LogP contribution in [0.4, 0.5) is 0 Å². The molecule has 1 atom stereocenters. The van der Waals surface area contributed by atoms with Gasteiger partial charge in [0.25, 0.3) is 0 Å². The molecule has 1 unspecified atom stereocenters. The molecule has 0 saturated carbocycles. The van der Waals surface area contributed by atoms with Crippen molar-refractivity contribution < 1.29 is 0 Å². The number of thiophene rings is 1. The lowest BCUT2D eigenvalue weighted by molar-refractivity contribution is 0.402. The number of aromatic nitrogens is 2. The second-order valence-electron chi connectivity index (χ2n) is 4.97. The molecule has 18 heavy (non-hydrogen) atoms. The summed E-state index contributed by atoms with van der Waals surface area (Å²) in [5.74, 6) is 0.600. The van der Waals surface area contributed by atoms with Crippen LogP contribution in [0.3, 0.4) is 0 Å². The van der Waals surface area contributed by atoms with Gasteiger partial charge in [-0.25, -0.2) is 0 Å². The standard InChI is InChI=1S/C14H21N3S/c1-11(2)14(13-5-4-8-18-13)15-6-7-17-10-12(3)9-16-17/h4-5,8-11,14-15H,6-7H2,1-3H3. The van der Waals surface area contributed by atoms with Crippen molar-refractivity contribution in [3.63, 3.8) is 0 Å². The van der Waals surface area contributed by atoms with Crippen molar-refractivity contribution in [3.05, 3.63) is 40.3 Å². The Kier molecular flexibility index (Phi) is 4.55. The summed E-state index contributed by atoms with van der Waals surface area (Å²) < 4.78 is 1.99. The molecular formula is C14H21N3S. The Bertz CT molecular complexity index is 459. The van der Waals surface area contributed by atoms with Crippen LogP contribution in [0.25, 0.3) is 0 Å². The van der Waals surface area contributed by atoms with Gasteiger partial charge >= 0.3 is 0 Å². The number of hydrogen-bond acceptors (Lipinski definition) is 3. The summed E-state index contributed by atoms with van der Waals surface area (Å²) in [6.45, 7) is 8.45. The van der Waals surface area contributed by atoms with Gasteiger partial charge in [-0.2, -0.15) is 5.10 Å². The van der Waals surface area contributed by atoms with Gasteiger partial charge in [-0.15, -0.1) is 11.3 Å². The summed E-state index contributed by atoms with van der Waals surface area (Å²) in [7, 11) is 0. The van der Waals surface area contributed by atoms with Crippen LogP contribution in [0.1, 0.15) is 30.3 Å². The van der Waals surface area contributed by atoms with Gasteiger partial charge in [-0.1, -0.05) is 19.9 Å². The van der Waals surface area contributed by atoms with Crippen molar-refractivity contribution in [1.82, 2.24) is 15.1 Å². The predicted molar refractivity (Wildman–Crippen MR) is 76.9 cm³/mol. The van der Waals surface area contributed by atoms with E-state index in [1.165, 1.54) is 10.4 Å². The Morgan fingerprint density at radius 2 is 2.28 bits per heavy atom. The average Bonchev–Trinajstić information content (AvgIpc) is 2.95. The van der Waals surface area contributed by atoms with Gasteiger partial charge in [-0.05, 0) is 29.9 Å². The molecule has 98 valence electrons. The van der Waals surface area contributed by atoms with Crippen LogP contribution in [0, 0.1) is 12.8 Å². The molecule has 0 radical (unpaired) electrons. The molecule has 0 aliphatic rings. The van der Waals surface area contributed by atoms with E-state index in [9.17, 15) is 0 Å². The molecule has 3 nitrogen and oxygen atoms in total. The lowest BCUT2D eigenvalue weighted by Crippen LogP contribution is -2.28. The van der Waals surface area contributed by atoms with Crippen molar-refractivity contribution in [2.45, 2.75) is 33.4 Å². The Morgan fingerprint density at radius 3 is 2.83 bits per heavy atom. The van der Waals surface area contributed by atoms with E-state index in [4.69, 9.17) is 0 Å². The van der Waals surface area contributed by atoms with Gasteiger partial charge in [0.1, 0.15) is 0 Å². The molecule has 2 heterocycles. The molecule has 2 aromatic rings. The molecule has 0 aliphatic heterocycles. The van der Waals surface area contributed by atoms with Crippen LogP contribution in [-0.4, -0.2) is 16.3 Å². The van der Waals surface area contributed by atoms with Gasteiger partial charge < -0.3 is 5.32 Å². The van der Waals surface area contributed by atoms with Crippen LogP contribution in [0.2, 0.25) is 0 Å². The summed E-state index contributed by atoms with van der Waals surface area (Å²) in [5, 5.41) is 10.1. The maximum absolute atomic E-state index is 4.30. The lowest BCUT2D eigenvalue weighted by atomic mass is 10.0. The maximum atomic E-state index is 4.30. The Balaban J connectivity index is 1.87. The highest BCUT2D eigenvalue weighted by Gasteiger charge is 2.15. The molecule has 4 heteroatoms. The van der Waals surface area contributed by atoms with Gasteiger partial charge in [0.15, 0.2) is 0 Å². The van der Waals surface area contributed by atoms with E-state index in [0.29, 0.717) is 12.0 Å². The zero-order valence-electron chi connectivity index (χ0n) is 11.3. The minimum Gasteiger partial charge on any atom is -0.307 e. The van der Waals surface area contributed by atoms with E-state index in [1.807, 2.05) is 22.2 Å². The monoisotopic (exact) mass is 263 g/mol. The van der Waals surface area contributed by atoms with Crippen molar-refractivity contribution in [2.75, 3.05) is 6.54 Å². The smallest absolute Gasteiger partial charge is 0.0534 e. The fraction of sp³-hybridized carbons (Fsp3) is 0.500. The third-order valence-corrected chi connectivity index (χ3v) is 3.94. The molecule has 0 spiro atoms. The molecule has 0 saturated heterocycles. The van der Waals surface area contributed by atoms with Crippen LogP contribution in [0.5, 0.6) is 0 Å². The molecule has 2 rings (SSSR count). The minimum atomic E-state index is 0.446. The molecule has 0 fully saturated rings. The van der Waals surface area contributed by atoms with E-state index in [-0.39, 0.29) is 0 Å². The van der Waals surface area contributed by atoms with Crippen LogP contribution in [0.15, 0.2) is 29.9 Å². The molecule has 0 bridgehead atoms. The van der Waals surface area contributed by atoms with Gasteiger partial charge in [0.05, 0.1) is 12.7 Å². The number of hydrogen-bond donors (Lipinski definition) is 1. The number of nitrogens with one attached hydrogen (secondary N) is 1. The second-order valence-corrected chi connectivity index (χ2v) is 5.95. The van der Waals surface area contributed by atoms with Gasteiger partial charge in [0, 0.05) is 23.7 Å². The summed E-state index contributed by atoms with van der Waals surface area (Å²) >= 11 is 1.82. The lowest BCUT2D eigenvalue weighted by Gasteiger charge is -2.21. The molecule has 2 aromatic heterocycles. The first kappa shape index (κ1) is 13.3. The normalized spacial score (nSPS) is 13.1. The van der Waals surface area contributed by atoms with Crippen molar-refractivity contribution in [1.29, 1.82) is 0 Å². The molecule has 1 N–H and O–H groups in total. The van der Waals surface area contributed by atoms with E-state index in [2.05, 4.69) is 54.9 Å². The van der Waals surface area contributed by atoms with Crippen LogP contribution in [-0.2, 0) is 6.54 Å². The van der Waals surface area contributed by atoms with Gasteiger partial charge in [-0.3, -0.25) is 4.68 Å². The fourth-order valence-corrected chi connectivity index (χ4v) is 3.03. The first-order chi connectivity index (χ1) is 8.66. The molecule has 0 aliphatic carbocycles. The Hall–Kier alpha value is -1.13. The van der Waals surface area contributed by atoms with E-state index < -0.39 is 0 Å². The fourth-order valence-electron chi connectivity index (χ4n) is 2.06. The summed E-state index contributed by atoms with van der Waals surface area (Å²) in [6, 6.07) is 4.77. The third kappa shape index (κ3) is 3.43. The third-order valence-electron chi connectivity index (χ3n) is 2.98. The summed E-state index contributed by atoms with van der Waals surface area (Å²) in [6.07, 6.45) is 3.98. The largest absolute Gasteiger partial charge is 0.307 e. The number of rotatable bonds is 6. The molecular weight excluding hydrogens is 242 g/mol.